The number of hydrogen-bond acceptors (Lipinski definition) is 6. The lowest BCUT2D eigenvalue weighted by Gasteiger charge is -2.39. The van der Waals surface area contributed by atoms with Gasteiger partial charge in [-0.2, -0.15) is 13.2 Å². The highest BCUT2D eigenvalue weighted by atomic mass is 32.2. The van der Waals surface area contributed by atoms with E-state index in [1.54, 1.807) is 14.1 Å². The molecule has 1 aliphatic heterocycles. The van der Waals surface area contributed by atoms with E-state index in [1.165, 1.54) is 4.90 Å². The molecule has 0 unspecified atom stereocenters. The minimum Gasteiger partial charge on any atom is -0.390 e. The fraction of sp³-hybridized carbons (Fsp3) is 0.900. The van der Waals surface area contributed by atoms with Crippen LogP contribution in [0, 0.1) is 5.41 Å². The quantitative estimate of drug-likeness (QED) is 0.422. The van der Waals surface area contributed by atoms with Crippen molar-refractivity contribution in [3.05, 3.63) is 0 Å². The number of nitrogens with zero attached hydrogens (tertiary/aromatic N) is 1. The zero-order chi connectivity index (χ0) is 15.7. The monoisotopic (exact) mass is 318 g/mol. The third-order valence-electron chi connectivity index (χ3n) is 2.77. The summed E-state index contributed by atoms with van der Waals surface area (Å²) in [4.78, 5) is 1.42. The Morgan fingerprint density at radius 1 is 1.40 bits per heavy atom. The zero-order valence-corrected chi connectivity index (χ0v) is 11.6. The van der Waals surface area contributed by atoms with Gasteiger partial charge in [-0.05, 0) is 0 Å². The highest BCUT2D eigenvalue weighted by Crippen LogP contribution is 2.34. The van der Waals surface area contributed by atoms with Gasteiger partial charge in [0.25, 0.3) is 0 Å². The maximum Gasteiger partial charge on any atom is 0.417 e. The van der Waals surface area contributed by atoms with Gasteiger partial charge in [-0.15, -0.1) is 0 Å². The van der Waals surface area contributed by atoms with Crippen LogP contribution in [-0.2, 0) is 4.74 Å². The molecule has 118 valence electrons. The number of amidine groups is 1. The molecule has 1 heterocycles. The van der Waals surface area contributed by atoms with Crippen LogP contribution >= 0.6 is 11.8 Å². The number of ether oxygens (including phenoxy) is 1. The van der Waals surface area contributed by atoms with Gasteiger partial charge in [-0.3, -0.25) is 5.41 Å². The highest BCUT2D eigenvalue weighted by Gasteiger charge is 2.51. The summed E-state index contributed by atoms with van der Waals surface area (Å²) in [6.45, 7) is 0. The average molecular weight is 318 g/mol. The van der Waals surface area contributed by atoms with Gasteiger partial charge in [0.05, 0.1) is 6.10 Å². The molecule has 0 amide bonds. The van der Waals surface area contributed by atoms with Crippen molar-refractivity contribution in [1.82, 2.24) is 4.90 Å². The van der Waals surface area contributed by atoms with E-state index >= 15 is 0 Å². The van der Waals surface area contributed by atoms with Gasteiger partial charge >= 0.3 is 6.18 Å². The van der Waals surface area contributed by atoms with Gasteiger partial charge in [-0.25, -0.2) is 0 Å². The van der Waals surface area contributed by atoms with Crippen molar-refractivity contribution in [3.63, 3.8) is 0 Å². The fourth-order valence-corrected chi connectivity index (χ4v) is 2.56. The first-order valence-electron chi connectivity index (χ1n) is 5.73. The molecule has 0 aromatic carbocycles. The summed E-state index contributed by atoms with van der Waals surface area (Å²) < 4.78 is 42.4. The predicted molar refractivity (Wildman–Crippen MR) is 66.4 cm³/mol. The van der Waals surface area contributed by atoms with E-state index in [9.17, 15) is 23.4 Å². The van der Waals surface area contributed by atoms with Crippen molar-refractivity contribution in [1.29, 1.82) is 5.41 Å². The van der Waals surface area contributed by atoms with Crippen molar-refractivity contribution in [2.75, 3.05) is 14.1 Å². The van der Waals surface area contributed by atoms with Gasteiger partial charge in [0.1, 0.15) is 17.6 Å². The molecule has 6 nitrogen and oxygen atoms in total. The largest absolute Gasteiger partial charge is 0.417 e. The SMILES string of the molecule is CN(C)C(=N)S[C@@H]1C[C@@H](O)[C@H](O)[C@@H]([C@H](O)C(F)(F)F)O1. The lowest BCUT2D eigenvalue weighted by Crippen LogP contribution is -2.56. The molecule has 0 aromatic heterocycles. The van der Waals surface area contributed by atoms with Gasteiger partial charge in [0.15, 0.2) is 11.3 Å². The van der Waals surface area contributed by atoms with Crippen LogP contribution in [0.5, 0.6) is 0 Å². The lowest BCUT2D eigenvalue weighted by atomic mass is 9.98. The number of alkyl halides is 3. The summed E-state index contributed by atoms with van der Waals surface area (Å²) in [6.07, 6.45) is -13.3. The van der Waals surface area contributed by atoms with Crippen LogP contribution in [0.1, 0.15) is 6.42 Å². The first-order chi connectivity index (χ1) is 9.04. The summed E-state index contributed by atoms with van der Waals surface area (Å²) in [5, 5.41) is 35.9. The van der Waals surface area contributed by atoms with Gasteiger partial charge in [0, 0.05) is 20.5 Å². The van der Waals surface area contributed by atoms with Crippen LogP contribution in [-0.4, -0.2) is 75.5 Å². The fourth-order valence-electron chi connectivity index (χ4n) is 1.62. The molecule has 1 saturated heterocycles. The number of nitrogens with one attached hydrogen (secondary N) is 1. The van der Waals surface area contributed by atoms with Crippen molar-refractivity contribution in [2.24, 2.45) is 0 Å². The maximum absolute atomic E-state index is 12.5. The summed E-state index contributed by atoms with van der Waals surface area (Å²) in [6, 6.07) is 0. The molecule has 10 heteroatoms. The van der Waals surface area contributed by atoms with Crippen LogP contribution in [0.4, 0.5) is 13.2 Å². The molecule has 0 radical (unpaired) electrons. The number of halogens is 3. The van der Waals surface area contributed by atoms with Gasteiger partial charge < -0.3 is 25.0 Å². The van der Waals surface area contributed by atoms with Crippen LogP contribution < -0.4 is 0 Å². The second kappa shape index (κ2) is 6.48. The molecule has 0 aliphatic carbocycles. The molecule has 0 aromatic rings. The van der Waals surface area contributed by atoms with Crippen LogP contribution in [0.15, 0.2) is 0 Å². The van der Waals surface area contributed by atoms with Crippen molar-refractivity contribution < 1.29 is 33.2 Å². The second-order valence-electron chi connectivity index (χ2n) is 4.63. The Hall–Kier alpha value is -0.550. The molecule has 4 N–H and O–H groups in total. The smallest absolute Gasteiger partial charge is 0.390 e. The Morgan fingerprint density at radius 3 is 2.40 bits per heavy atom. The van der Waals surface area contributed by atoms with E-state index in [1.807, 2.05) is 0 Å². The molecular weight excluding hydrogens is 301 g/mol. The molecule has 5 atom stereocenters. The van der Waals surface area contributed by atoms with E-state index in [-0.39, 0.29) is 11.6 Å². The Morgan fingerprint density at radius 2 is 1.95 bits per heavy atom. The summed E-state index contributed by atoms with van der Waals surface area (Å²) >= 11 is 0.804. The molecule has 1 fully saturated rings. The molecular formula is C10H17F3N2O4S. The Bertz CT molecular complexity index is 356. The minimum absolute atomic E-state index is 0.0267. The minimum atomic E-state index is -4.97. The number of aliphatic hydroxyl groups is 3. The molecule has 0 saturated carbocycles. The van der Waals surface area contributed by atoms with Crippen molar-refractivity contribution >= 4 is 16.9 Å². The topological polar surface area (TPSA) is 97.0 Å². The van der Waals surface area contributed by atoms with Crippen LogP contribution in [0.25, 0.3) is 0 Å². The number of aliphatic hydroxyl groups excluding tert-OH is 3. The molecule has 0 bridgehead atoms. The third kappa shape index (κ3) is 4.22. The Labute approximate surface area is 118 Å². The zero-order valence-electron chi connectivity index (χ0n) is 10.8. The highest BCUT2D eigenvalue weighted by molar-refractivity contribution is 8.14. The van der Waals surface area contributed by atoms with Crippen molar-refractivity contribution in [3.8, 4) is 0 Å². The van der Waals surface area contributed by atoms with Crippen molar-refractivity contribution in [2.45, 2.75) is 42.4 Å². The first kappa shape index (κ1) is 17.5. The number of thioether (sulfide) groups is 1. The van der Waals surface area contributed by atoms with Crippen LogP contribution in [0.2, 0.25) is 0 Å². The van der Waals surface area contributed by atoms with Crippen LogP contribution in [0.3, 0.4) is 0 Å². The molecule has 0 spiro atoms. The molecule has 1 aliphatic rings. The van der Waals surface area contributed by atoms with E-state index in [2.05, 4.69) is 0 Å². The first-order valence-corrected chi connectivity index (χ1v) is 6.61. The average Bonchev–Trinajstić information content (AvgIpc) is 2.31. The Balaban J connectivity index is 2.78. The van der Waals surface area contributed by atoms with Gasteiger partial charge in [0.2, 0.25) is 0 Å². The summed E-state index contributed by atoms with van der Waals surface area (Å²) in [7, 11) is 3.15. The standard InChI is InChI=1S/C10H17F3N2O4S/c1-15(2)9(14)20-5-3-4(16)6(17)7(19-5)8(18)10(11,12)13/h4-8,14,16-18H,3H2,1-2H3/t4-,5-,6+,7+,8+/m1/s1. The van der Waals surface area contributed by atoms with E-state index in [0.717, 1.165) is 11.8 Å². The number of hydrogen-bond donors (Lipinski definition) is 4. The number of rotatable bonds is 2. The lowest BCUT2D eigenvalue weighted by molar-refractivity contribution is -0.269. The van der Waals surface area contributed by atoms with Gasteiger partial charge in [-0.1, -0.05) is 11.8 Å². The Kier molecular flexibility index (Phi) is 5.67. The molecule has 20 heavy (non-hydrogen) atoms. The van der Waals surface area contributed by atoms with E-state index in [0.29, 0.717) is 0 Å². The molecule has 1 rings (SSSR count). The van der Waals surface area contributed by atoms with E-state index in [4.69, 9.17) is 15.3 Å². The summed E-state index contributed by atoms with van der Waals surface area (Å²) in [5.41, 5.74) is -0.953. The predicted octanol–water partition coefficient (Wildman–Crippen LogP) is -0.0240. The van der Waals surface area contributed by atoms with E-state index < -0.39 is 36.0 Å². The second-order valence-corrected chi connectivity index (χ2v) is 5.78. The third-order valence-corrected chi connectivity index (χ3v) is 3.92. The normalized spacial score (nSPS) is 32.8. The summed E-state index contributed by atoms with van der Waals surface area (Å²) in [5.74, 6) is 0. The maximum atomic E-state index is 12.5.